The van der Waals surface area contributed by atoms with Crippen molar-refractivity contribution in [1.29, 1.82) is 0 Å². The molecule has 1 aliphatic heterocycles. The van der Waals surface area contributed by atoms with Crippen LogP contribution in [0.25, 0.3) is 0 Å². The van der Waals surface area contributed by atoms with E-state index in [0.717, 1.165) is 12.2 Å². The summed E-state index contributed by atoms with van der Waals surface area (Å²) < 4.78 is 0. The van der Waals surface area contributed by atoms with Crippen molar-refractivity contribution in [3.05, 3.63) is 42.0 Å². The van der Waals surface area contributed by atoms with Crippen molar-refractivity contribution in [3.8, 4) is 5.75 Å². The second kappa shape index (κ2) is 4.33. The zero-order chi connectivity index (χ0) is 13.3. The van der Waals surface area contributed by atoms with Gasteiger partial charge in [-0.1, -0.05) is 12.1 Å². The van der Waals surface area contributed by atoms with E-state index in [4.69, 9.17) is 5.11 Å². The van der Waals surface area contributed by atoms with E-state index in [0.29, 0.717) is 4.90 Å². The fraction of sp³-hybridized carbons (Fsp3) is 0.0833. The fourth-order valence-corrected chi connectivity index (χ4v) is 1.76. The van der Waals surface area contributed by atoms with Crippen LogP contribution < -0.4 is 0 Å². The Morgan fingerprint density at radius 1 is 1.17 bits per heavy atom. The average Bonchev–Trinajstić information content (AvgIpc) is 2.61. The molecule has 1 unspecified atom stereocenters. The lowest BCUT2D eigenvalue weighted by Gasteiger charge is -2.22. The van der Waals surface area contributed by atoms with Gasteiger partial charge in [-0.05, 0) is 17.7 Å². The maximum Gasteiger partial charge on any atom is 0.331 e. The zero-order valence-corrected chi connectivity index (χ0v) is 9.11. The molecule has 1 aliphatic rings. The maximum absolute atomic E-state index is 11.5. The highest BCUT2D eigenvalue weighted by Gasteiger charge is 2.37. The van der Waals surface area contributed by atoms with Gasteiger partial charge in [-0.25, -0.2) is 4.79 Å². The molecule has 0 saturated carbocycles. The Hall–Kier alpha value is -2.63. The lowest BCUT2D eigenvalue weighted by Crippen LogP contribution is -2.38. The van der Waals surface area contributed by atoms with Crippen LogP contribution in [-0.4, -0.2) is 32.9 Å². The standard InChI is InChI=1S/C12H9NO5/c14-8-3-1-2-7(6-8)11(12(17)18)13-9(15)4-5-10(13)16/h1-6,11,14H,(H,17,18). The molecule has 6 nitrogen and oxygen atoms in total. The van der Waals surface area contributed by atoms with E-state index >= 15 is 0 Å². The van der Waals surface area contributed by atoms with Crippen LogP contribution in [0.5, 0.6) is 5.75 Å². The molecule has 1 heterocycles. The van der Waals surface area contributed by atoms with Gasteiger partial charge in [-0.2, -0.15) is 0 Å². The molecule has 0 radical (unpaired) electrons. The minimum absolute atomic E-state index is 0.134. The molecule has 0 saturated heterocycles. The molecule has 2 N–H and O–H groups in total. The van der Waals surface area contributed by atoms with Crippen LogP contribution in [0.3, 0.4) is 0 Å². The number of aliphatic carboxylic acids is 1. The van der Waals surface area contributed by atoms with Gasteiger partial charge in [0.1, 0.15) is 5.75 Å². The highest BCUT2D eigenvalue weighted by atomic mass is 16.4. The van der Waals surface area contributed by atoms with Gasteiger partial charge in [-0.3, -0.25) is 14.5 Å². The van der Waals surface area contributed by atoms with Crippen molar-refractivity contribution in [2.45, 2.75) is 6.04 Å². The van der Waals surface area contributed by atoms with E-state index in [9.17, 15) is 19.5 Å². The Morgan fingerprint density at radius 3 is 2.28 bits per heavy atom. The molecule has 1 aromatic rings. The summed E-state index contributed by atoms with van der Waals surface area (Å²) in [5, 5.41) is 18.5. The summed E-state index contributed by atoms with van der Waals surface area (Å²) in [5.74, 6) is -2.84. The smallest absolute Gasteiger partial charge is 0.331 e. The normalized spacial score (nSPS) is 16.1. The molecule has 2 amide bonds. The number of amides is 2. The number of benzene rings is 1. The Balaban J connectivity index is 2.44. The average molecular weight is 247 g/mol. The van der Waals surface area contributed by atoms with Gasteiger partial charge in [0.15, 0.2) is 6.04 Å². The predicted molar refractivity (Wildman–Crippen MR) is 59.5 cm³/mol. The van der Waals surface area contributed by atoms with Gasteiger partial charge in [0.25, 0.3) is 11.8 Å². The Labute approximate surface area is 102 Å². The van der Waals surface area contributed by atoms with Crippen molar-refractivity contribution in [2.75, 3.05) is 0 Å². The first kappa shape index (κ1) is 11.8. The number of nitrogens with zero attached hydrogens (tertiary/aromatic N) is 1. The second-order valence-electron chi connectivity index (χ2n) is 3.72. The topological polar surface area (TPSA) is 94.9 Å². The summed E-state index contributed by atoms with van der Waals surface area (Å²) in [7, 11) is 0. The number of imide groups is 1. The number of phenols is 1. The predicted octanol–water partition coefficient (Wildman–Crippen LogP) is 0.443. The fourth-order valence-electron chi connectivity index (χ4n) is 1.76. The number of carboxylic acids is 1. The molecule has 18 heavy (non-hydrogen) atoms. The Bertz CT molecular complexity index is 545. The van der Waals surface area contributed by atoms with Crippen LogP contribution in [-0.2, 0) is 14.4 Å². The third kappa shape index (κ3) is 1.95. The van der Waals surface area contributed by atoms with Gasteiger partial charge < -0.3 is 10.2 Å². The van der Waals surface area contributed by atoms with Crippen molar-refractivity contribution < 1.29 is 24.6 Å². The number of hydrogen-bond donors (Lipinski definition) is 2. The SMILES string of the molecule is O=C(O)C(c1cccc(O)c1)N1C(=O)C=CC1=O. The van der Waals surface area contributed by atoms with Crippen molar-refractivity contribution >= 4 is 17.8 Å². The first-order chi connectivity index (χ1) is 8.50. The van der Waals surface area contributed by atoms with Gasteiger partial charge >= 0.3 is 5.97 Å². The van der Waals surface area contributed by atoms with Crippen LogP contribution in [0, 0.1) is 0 Å². The van der Waals surface area contributed by atoms with Gasteiger partial charge in [0.05, 0.1) is 0 Å². The largest absolute Gasteiger partial charge is 0.508 e. The molecule has 0 aromatic heterocycles. The van der Waals surface area contributed by atoms with E-state index in [2.05, 4.69) is 0 Å². The lowest BCUT2D eigenvalue weighted by atomic mass is 10.1. The molecule has 0 fully saturated rings. The highest BCUT2D eigenvalue weighted by molar-refractivity contribution is 6.14. The number of phenolic OH excluding ortho intramolecular Hbond substituents is 1. The van der Waals surface area contributed by atoms with E-state index < -0.39 is 23.8 Å². The van der Waals surface area contributed by atoms with Crippen LogP contribution in [0.2, 0.25) is 0 Å². The maximum atomic E-state index is 11.5. The molecular formula is C12H9NO5. The number of carbonyl (C=O) groups excluding carboxylic acids is 2. The van der Waals surface area contributed by atoms with Crippen LogP contribution in [0.4, 0.5) is 0 Å². The van der Waals surface area contributed by atoms with E-state index in [1.54, 1.807) is 0 Å². The van der Waals surface area contributed by atoms with E-state index in [1.165, 1.54) is 24.3 Å². The molecule has 0 aliphatic carbocycles. The van der Waals surface area contributed by atoms with Crippen molar-refractivity contribution in [2.24, 2.45) is 0 Å². The first-order valence-electron chi connectivity index (χ1n) is 5.07. The summed E-state index contributed by atoms with van der Waals surface area (Å²) in [5.41, 5.74) is 0.160. The van der Waals surface area contributed by atoms with Crippen LogP contribution >= 0.6 is 0 Å². The summed E-state index contributed by atoms with van der Waals surface area (Å²) >= 11 is 0. The monoisotopic (exact) mass is 247 g/mol. The molecule has 6 heteroatoms. The van der Waals surface area contributed by atoms with Gasteiger partial charge in [0, 0.05) is 12.2 Å². The Morgan fingerprint density at radius 2 is 1.78 bits per heavy atom. The Kier molecular flexibility index (Phi) is 2.85. The van der Waals surface area contributed by atoms with Gasteiger partial charge in [0.2, 0.25) is 0 Å². The number of rotatable bonds is 3. The quantitative estimate of drug-likeness (QED) is 0.756. The summed E-state index contributed by atoms with van der Waals surface area (Å²) in [6, 6.07) is 4.01. The third-order valence-corrected chi connectivity index (χ3v) is 2.52. The molecule has 92 valence electrons. The second-order valence-corrected chi connectivity index (χ2v) is 3.72. The third-order valence-electron chi connectivity index (χ3n) is 2.52. The minimum Gasteiger partial charge on any atom is -0.508 e. The van der Waals surface area contributed by atoms with E-state index in [1.807, 2.05) is 0 Å². The molecule has 2 rings (SSSR count). The molecule has 0 bridgehead atoms. The van der Waals surface area contributed by atoms with Gasteiger partial charge in [-0.15, -0.1) is 0 Å². The summed E-state index contributed by atoms with van der Waals surface area (Å²) in [6.45, 7) is 0. The zero-order valence-electron chi connectivity index (χ0n) is 9.11. The summed E-state index contributed by atoms with van der Waals surface area (Å²) in [6.07, 6.45) is 2.03. The summed E-state index contributed by atoms with van der Waals surface area (Å²) in [4.78, 5) is 34.8. The number of aromatic hydroxyl groups is 1. The number of hydrogen-bond acceptors (Lipinski definition) is 4. The van der Waals surface area contributed by atoms with Crippen LogP contribution in [0.15, 0.2) is 36.4 Å². The molecule has 1 atom stereocenters. The minimum atomic E-state index is -1.44. The molecule has 0 spiro atoms. The van der Waals surface area contributed by atoms with Crippen molar-refractivity contribution in [3.63, 3.8) is 0 Å². The highest BCUT2D eigenvalue weighted by Crippen LogP contribution is 2.26. The molecular weight excluding hydrogens is 238 g/mol. The van der Waals surface area contributed by atoms with Crippen molar-refractivity contribution in [1.82, 2.24) is 4.90 Å². The van der Waals surface area contributed by atoms with E-state index in [-0.39, 0.29) is 11.3 Å². The van der Waals surface area contributed by atoms with Crippen LogP contribution in [0.1, 0.15) is 11.6 Å². The first-order valence-corrected chi connectivity index (χ1v) is 5.07. The number of carbonyl (C=O) groups is 3. The number of carboxylic acid groups (broad SMARTS) is 1. The molecule has 1 aromatic carbocycles. The lowest BCUT2D eigenvalue weighted by molar-refractivity contribution is -0.153.